The second-order valence-corrected chi connectivity index (χ2v) is 6.35. The van der Waals surface area contributed by atoms with Crippen LogP contribution in [0.5, 0.6) is 5.75 Å². The first kappa shape index (κ1) is 18.8. The maximum atomic E-state index is 11.9. The van der Waals surface area contributed by atoms with Gasteiger partial charge in [0.2, 0.25) is 11.8 Å². The highest BCUT2D eigenvalue weighted by Crippen LogP contribution is 2.24. The van der Waals surface area contributed by atoms with Crippen LogP contribution in [-0.4, -0.2) is 49.9 Å². The Morgan fingerprint density at radius 1 is 1.12 bits per heavy atom. The van der Waals surface area contributed by atoms with Crippen molar-refractivity contribution < 1.29 is 19.1 Å². The van der Waals surface area contributed by atoms with Gasteiger partial charge in [-0.2, -0.15) is 0 Å². The summed E-state index contributed by atoms with van der Waals surface area (Å²) < 4.78 is 5.36. The van der Waals surface area contributed by atoms with Crippen molar-refractivity contribution in [3.8, 4) is 5.75 Å². The largest absolute Gasteiger partial charge is 0.484 e. The third kappa shape index (κ3) is 6.10. The van der Waals surface area contributed by atoms with Crippen molar-refractivity contribution in [2.24, 2.45) is 5.92 Å². The quantitative estimate of drug-likeness (QED) is 0.780. The molecule has 7 heteroatoms. The van der Waals surface area contributed by atoms with E-state index >= 15 is 0 Å². The molecule has 0 spiro atoms. The topological polar surface area (TPSA) is 87.7 Å². The Labute approximate surface area is 147 Å². The summed E-state index contributed by atoms with van der Waals surface area (Å²) in [5.41, 5.74) is 0.603. The van der Waals surface area contributed by atoms with Gasteiger partial charge >= 0.3 is 0 Å². The van der Waals surface area contributed by atoms with Gasteiger partial charge < -0.3 is 20.3 Å². The van der Waals surface area contributed by atoms with Gasteiger partial charge in [-0.05, 0) is 37.1 Å². The van der Waals surface area contributed by atoms with Crippen molar-refractivity contribution in [3.63, 3.8) is 0 Å². The summed E-state index contributed by atoms with van der Waals surface area (Å²) in [5.74, 6) is 0.150. The van der Waals surface area contributed by atoms with Crippen LogP contribution < -0.4 is 15.4 Å². The summed E-state index contributed by atoms with van der Waals surface area (Å²) >= 11 is 0. The van der Waals surface area contributed by atoms with Gasteiger partial charge in [0.15, 0.2) is 6.61 Å². The summed E-state index contributed by atoms with van der Waals surface area (Å²) in [6.45, 7) is -0.0726. The lowest BCUT2D eigenvalue weighted by Crippen LogP contribution is -2.36. The molecule has 0 bridgehead atoms. The van der Waals surface area contributed by atoms with E-state index in [9.17, 15) is 14.4 Å². The number of carbonyl (C=O) groups is 3. The lowest BCUT2D eigenvalue weighted by Gasteiger charge is -2.12. The lowest BCUT2D eigenvalue weighted by molar-refractivity contribution is -0.130. The van der Waals surface area contributed by atoms with Gasteiger partial charge in [0.05, 0.1) is 6.54 Å². The van der Waals surface area contributed by atoms with Gasteiger partial charge in [-0.3, -0.25) is 14.4 Å². The number of carbonyl (C=O) groups excluding carboxylic acids is 3. The first-order valence-electron chi connectivity index (χ1n) is 8.46. The Balaban J connectivity index is 1.73. The van der Waals surface area contributed by atoms with Gasteiger partial charge in [0, 0.05) is 25.7 Å². The summed E-state index contributed by atoms with van der Waals surface area (Å²) in [7, 11) is 3.33. The minimum atomic E-state index is -0.275. The van der Waals surface area contributed by atoms with E-state index in [2.05, 4.69) is 10.6 Å². The number of ether oxygens (including phenoxy) is 1. The van der Waals surface area contributed by atoms with E-state index in [0.29, 0.717) is 11.4 Å². The molecule has 0 atom stereocenters. The van der Waals surface area contributed by atoms with E-state index < -0.39 is 0 Å². The van der Waals surface area contributed by atoms with Gasteiger partial charge in [-0.15, -0.1) is 0 Å². The monoisotopic (exact) mass is 347 g/mol. The number of anilines is 1. The fraction of sp³-hybridized carbons (Fsp3) is 0.500. The average molecular weight is 347 g/mol. The molecular formula is C18H25N3O4. The van der Waals surface area contributed by atoms with E-state index in [-0.39, 0.29) is 36.8 Å². The van der Waals surface area contributed by atoms with Crippen LogP contribution in [0.25, 0.3) is 0 Å². The van der Waals surface area contributed by atoms with Crippen molar-refractivity contribution >= 4 is 23.4 Å². The van der Waals surface area contributed by atoms with E-state index in [1.54, 1.807) is 38.4 Å². The molecule has 0 aromatic heterocycles. The Hall–Kier alpha value is -2.57. The molecule has 2 N–H and O–H groups in total. The molecule has 1 saturated carbocycles. The zero-order valence-corrected chi connectivity index (χ0v) is 14.7. The maximum Gasteiger partial charge on any atom is 0.259 e. The van der Waals surface area contributed by atoms with E-state index in [1.807, 2.05) is 0 Å². The fourth-order valence-corrected chi connectivity index (χ4v) is 2.61. The molecule has 7 nitrogen and oxygen atoms in total. The second-order valence-electron chi connectivity index (χ2n) is 6.35. The minimum absolute atomic E-state index is 0.0358. The van der Waals surface area contributed by atoms with Crippen molar-refractivity contribution in [1.82, 2.24) is 10.2 Å². The summed E-state index contributed by atoms with van der Waals surface area (Å²) in [6, 6.07) is 6.73. The molecule has 1 aromatic carbocycles. The number of nitrogens with zero attached hydrogens (tertiary/aromatic N) is 1. The minimum Gasteiger partial charge on any atom is -0.484 e. The average Bonchev–Trinajstić information content (AvgIpc) is 3.13. The molecule has 0 saturated heterocycles. The van der Waals surface area contributed by atoms with Gasteiger partial charge in [-0.25, -0.2) is 0 Å². The Bertz CT molecular complexity index is 607. The van der Waals surface area contributed by atoms with Crippen LogP contribution in [0, 0.1) is 5.92 Å². The normalized spacial score (nSPS) is 14.0. The fourth-order valence-electron chi connectivity index (χ4n) is 2.61. The Morgan fingerprint density at radius 3 is 2.36 bits per heavy atom. The Morgan fingerprint density at radius 2 is 1.76 bits per heavy atom. The zero-order valence-electron chi connectivity index (χ0n) is 14.7. The van der Waals surface area contributed by atoms with E-state index in [1.165, 1.54) is 4.90 Å². The maximum absolute atomic E-state index is 11.9. The Kier molecular flexibility index (Phi) is 6.80. The van der Waals surface area contributed by atoms with Crippen molar-refractivity contribution in [3.05, 3.63) is 24.3 Å². The number of hydrogen-bond donors (Lipinski definition) is 2. The van der Waals surface area contributed by atoms with Crippen LogP contribution >= 0.6 is 0 Å². The number of rotatable bonds is 7. The van der Waals surface area contributed by atoms with Gasteiger partial charge in [0.1, 0.15) is 5.75 Å². The first-order chi connectivity index (χ1) is 12.0. The molecule has 0 aliphatic heterocycles. The number of likely N-dealkylation sites (N-methyl/N-ethyl adjacent to an activating group) is 1. The van der Waals surface area contributed by atoms with Crippen LogP contribution in [-0.2, 0) is 14.4 Å². The molecule has 136 valence electrons. The first-order valence-corrected chi connectivity index (χ1v) is 8.46. The molecule has 25 heavy (non-hydrogen) atoms. The van der Waals surface area contributed by atoms with Crippen molar-refractivity contribution in [1.29, 1.82) is 0 Å². The molecule has 1 aliphatic carbocycles. The molecule has 1 aromatic rings. The summed E-state index contributed by atoms with van der Waals surface area (Å²) in [4.78, 5) is 36.7. The van der Waals surface area contributed by atoms with Gasteiger partial charge in [0.25, 0.3) is 5.91 Å². The standard InChI is InChI=1S/C18H25N3O4/c1-21(2)17(23)12-25-15-9-7-14(8-10-15)20-16(22)11-19-18(24)13-5-3-4-6-13/h7-10,13H,3-6,11-12H2,1-2H3,(H,19,24)(H,20,22). The van der Waals surface area contributed by atoms with Crippen LogP contribution in [0.4, 0.5) is 5.69 Å². The molecular weight excluding hydrogens is 322 g/mol. The van der Waals surface area contributed by atoms with Gasteiger partial charge in [-0.1, -0.05) is 12.8 Å². The second kappa shape index (κ2) is 9.05. The number of hydrogen-bond acceptors (Lipinski definition) is 4. The molecule has 2 rings (SSSR count). The highest BCUT2D eigenvalue weighted by Gasteiger charge is 2.22. The highest BCUT2D eigenvalue weighted by atomic mass is 16.5. The highest BCUT2D eigenvalue weighted by molar-refractivity contribution is 5.94. The van der Waals surface area contributed by atoms with Crippen LogP contribution in [0.2, 0.25) is 0 Å². The molecule has 3 amide bonds. The summed E-state index contributed by atoms with van der Waals surface area (Å²) in [5, 5.41) is 5.40. The lowest BCUT2D eigenvalue weighted by atomic mass is 10.1. The molecule has 1 fully saturated rings. The van der Waals surface area contributed by atoms with Crippen molar-refractivity contribution in [2.75, 3.05) is 32.6 Å². The SMILES string of the molecule is CN(C)C(=O)COc1ccc(NC(=O)CNC(=O)C2CCCC2)cc1. The molecule has 0 radical (unpaired) electrons. The van der Waals surface area contributed by atoms with E-state index in [4.69, 9.17) is 4.74 Å². The van der Waals surface area contributed by atoms with Crippen LogP contribution in [0.1, 0.15) is 25.7 Å². The number of amides is 3. The molecule has 0 unspecified atom stereocenters. The molecule has 1 aliphatic rings. The predicted octanol–water partition coefficient (Wildman–Crippen LogP) is 1.40. The molecule has 0 heterocycles. The van der Waals surface area contributed by atoms with Crippen LogP contribution in [0.15, 0.2) is 24.3 Å². The van der Waals surface area contributed by atoms with E-state index in [0.717, 1.165) is 25.7 Å². The third-order valence-corrected chi connectivity index (χ3v) is 4.15. The number of nitrogens with one attached hydrogen (secondary N) is 2. The zero-order chi connectivity index (χ0) is 18.2. The smallest absolute Gasteiger partial charge is 0.259 e. The number of benzene rings is 1. The summed E-state index contributed by atoms with van der Waals surface area (Å²) in [6.07, 6.45) is 3.98. The van der Waals surface area contributed by atoms with Crippen molar-refractivity contribution in [2.45, 2.75) is 25.7 Å². The predicted molar refractivity (Wildman–Crippen MR) is 94.2 cm³/mol. The third-order valence-electron chi connectivity index (χ3n) is 4.15. The van der Waals surface area contributed by atoms with Crippen LogP contribution in [0.3, 0.4) is 0 Å².